The predicted molar refractivity (Wildman–Crippen MR) is 72.9 cm³/mol. The molecule has 0 amide bonds. The molecule has 1 unspecified atom stereocenters. The lowest BCUT2D eigenvalue weighted by Gasteiger charge is -2.17. The monoisotopic (exact) mass is 268 g/mol. The normalized spacial score (nSPS) is 13.2. The molecule has 2 aromatic carbocycles. The Morgan fingerprint density at radius 1 is 1.05 bits per heavy atom. The van der Waals surface area contributed by atoms with Crippen molar-refractivity contribution in [2.24, 2.45) is 0 Å². The minimum Gasteiger partial charge on any atom is -0.387 e. The molecule has 0 radical (unpaired) electrons. The van der Waals surface area contributed by atoms with Crippen molar-refractivity contribution in [2.45, 2.75) is 12.0 Å². The second kappa shape index (κ2) is 5.95. The third-order valence-corrected chi connectivity index (χ3v) is 3.06. The highest BCUT2D eigenvalue weighted by atomic mass is 16.6. The number of nitriles is 1. The molecule has 2 aromatic rings. The van der Waals surface area contributed by atoms with Crippen LogP contribution in [0.3, 0.4) is 0 Å². The Morgan fingerprint density at radius 3 is 2.15 bits per heavy atom. The molecule has 0 fully saturated rings. The number of non-ortho nitro benzene ring substituents is 1. The van der Waals surface area contributed by atoms with E-state index in [1.807, 2.05) is 6.07 Å². The largest absolute Gasteiger partial charge is 0.387 e. The van der Waals surface area contributed by atoms with Crippen LogP contribution >= 0.6 is 0 Å². The first-order valence-electron chi connectivity index (χ1n) is 6.00. The minimum atomic E-state index is -1.02. The van der Waals surface area contributed by atoms with Gasteiger partial charge in [0.2, 0.25) is 0 Å². The van der Waals surface area contributed by atoms with E-state index in [4.69, 9.17) is 0 Å². The van der Waals surface area contributed by atoms with Crippen LogP contribution in [0.1, 0.15) is 23.1 Å². The topological polar surface area (TPSA) is 87.2 Å². The predicted octanol–water partition coefficient (Wildman–Crippen LogP) is 2.94. The quantitative estimate of drug-likeness (QED) is 0.682. The van der Waals surface area contributed by atoms with Gasteiger partial charge in [-0.15, -0.1) is 0 Å². The summed E-state index contributed by atoms with van der Waals surface area (Å²) in [5.74, 6) is -0.711. The van der Waals surface area contributed by atoms with Crippen LogP contribution in [-0.2, 0) is 0 Å². The molecular weight excluding hydrogens is 256 g/mol. The highest BCUT2D eigenvalue weighted by Crippen LogP contribution is 2.31. The molecule has 100 valence electrons. The van der Waals surface area contributed by atoms with Gasteiger partial charge < -0.3 is 5.11 Å². The summed E-state index contributed by atoms with van der Waals surface area (Å²) in [6.45, 7) is 0. The average Bonchev–Trinajstić information content (AvgIpc) is 2.49. The molecule has 0 aliphatic carbocycles. The number of aliphatic hydroxyl groups excluding tert-OH is 1. The van der Waals surface area contributed by atoms with Crippen molar-refractivity contribution in [3.63, 3.8) is 0 Å². The highest BCUT2D eigenvalue weighted by Gasteiger charge is 2.22. The zero-order valence-corrected chi connectivity index (χ0v) is 10.5. The van der Waals surface area contributed by atoms with Crippen LogP contribution < -0.4 is 0 Å². The Hall–Kier alpha value is -2.71. The van der Waals surface area contributed by atoms with Crippen molar-refractivity contribution in [3.05, 3.63) is 75.8 Å². The molecular formula is C15H12N2O3. The Kier molecular flexibility index (Phi) is 4.08. The number of aliphatic hydroxyl groups is 1. The highest BCUT2D eigenvalue weighted by molar-refractivity contribution is 5.37. The summed E-state index contributed by atoms with van der Waals surface area (Å²) in [4.78, 5) is 10.1. The first kappa shape index (κ1) is 13.7. The smallest absolute Gasteiger partial charge is 0.269 e. The van der Waals surface area contributed by atoms with Gasteiger partial charge in [0.15, 0.2) is 0 Å². The van der Waals surface area contributed by atoms with Crippen molar-refractivity contribution < 1.29 is 10.0 Å². The Labute approximate surface area is 115 Å². The standard InChI is InChI=1S/C15H12N2O3/c16-10-14(11-4-2-1-3-5-11)15(18)12-6-8-13(9-7-12)17(19)20/h1-9,14-15,18H/t14?,15-/m0/s1. The zero-order valence-electron chi connectivity index (χ0n) is 10.5. The van der Waals surface area contributed by atoms with Gasteiger partial charge in [-0.3, -0.25) is 10.1 Å². The summed E-state index contributed by atoms with van der Waals surface area (Å²) in [6, 6.07) is 16.6. The molecule has 0 saturated carbocycles. The van der Waals surface area contributed by atoms with Gasteiger partial charge in [0, 0.05) is 12.1 Å². The molecule has 0 aromatic heterocycles. The molecule has 2 atom stereocenters. The molecule has 0 saturated heterocycles. The summed E-state index contributed by atoms with van der Waals surface area (Å²) >= 11 is 0. The summed E-state index contributed by atoms with van der Waals surface area (Å²) in [6.07, 6.45) is -1.02. The molecule has 5 nitrogen and oxygen atoms in total. The molecule has 2 rings (SSSR count). The van der Waals surface area contributed by atoms with Gasteiger partial charge >= 0.3 is 0 Å². The fourth-order valence-electron chi connectivity index (χ4n) is 1.97. The van der Waals surface area contributed by atoms with E-state index >= 15 is 0 Å². The molecule has 0 aliphatic heterocycles. The second-order valence-corrected chi connectivity index (χ2v) is 4.31. The van der Waals surface area contributed by atoms with E-state index in [1.54, 1.807) is 24.3 Å². The molecule has 0 heterocycles. The van der Waals surface area contributed by atoms with E-state index < -0.39 is 16.9 Å². The molecule has 5 heteroatoms. The number of hydrogen-bond donors (Lipinski definition) is 1. The maximum Gasteiger partial charge on any atom is 0.269 e. The van der Waals surface area contributed by atoms with Gasteiger partial charge in [0.25, 0.3) is 5.69 Å². The van der Waals surface area contributed by atoms with E-state index in [2.05, 4.69) is 6.07 Å². The maximum atomic E-state index is 10.6. The van der Waals surface area contributed by atoms with Gasteiger partial charge in [0.05, 0.1) is 17.1 Å². The summed E-state index contributed by atoms with van der Waals surface area (Å²) in [5, 5.41) is 30.1. The van der Waals surface area contributed by atoms with Crippen molar-refractivity contribution in [3.8, 4) is 6.07 Å². The van der Waals surface area contributed by atoms with Crippen LogP contribution in [0.5, 0.6) is 0 Å². The third-order valence-electron chi connectivity index (χ3n) is 3.06. The van der Waals surface area contributed by atoms with Crippen LogP contribution in [-0.4, -0.2) is 10.0 Å². The molecule has 20 heavy (non-hydrogen) atoms. The zero-order chi connectivity index (χ0) is 14.5. The summed E-state index contributed by atoms with van der Waals surface area (Å²) in [5.41, 5.74) is 1.14. The summed E-state index contributed by atoms with van der Waals surface area (Å²) < 4.78 is 0. The minimum absolute atomic E-state index is 0.0471. The summed E-state index contributed by atoms with van der Waals surface area (Å²) in [7, 11) is 0. The lowest BCUT2D eigenvalue weighted by molar-refractivity contribution is -0.384. The number of nitrogens with zero attached hydrogens (tertiary/aromatic N) is 2. The lowest BCUT2D eigenvalue weighted by atomic mass is 9.90. The van der Waals surface area contributed by atoms with Crippen LogP contribution in [0.2, 0.25) is 0 Å². The van der Waals surface area contributed by atoms with E-state index in [0.29, 0.717) is 11.1 Å². The SMILES string of the molecule is N#CC(c1ccccc1)[C@@H](O)c1ccc([N+](=O)[O-])cc1. The number of nitro groups is 1. The lowest BCUT2D eigenvalue weighted by Crippen LogP contribution is -2.09. The third kappa shape index (κ3) is 2.82. The average molecular weight is 268 g/mol. The fourth-order valence-corrected chi connectivity index (χ4v) is 1.97. The molecule has 0 aliphatic rings. The molecule has 0 bridgehead atoms. The van der Waals surface area contributed by atoms with Gasteiger partial charge in [-0.1, -0.05) is 30.3 Å². The van der Waals surface area contributed by atoms with Gasteiger partial charge in [0.1, 0.15) is 5.92 Å². The van der Waals surface area contributed by atoms with Gasteiger partial charge in [-0.25, -0.2) is 0 Å². The first-order valence-corrected chi connectivity index (χ1v) is 6.00. The Bertz CT molecular complexity index is 632. The maximum absolute atomic E-state index is 10.6. The van der Waals surface area contributed by atoms with E-state index in [9.17, 15) is 20.5 Å². The van der Waals surface area contributed by atoms with Gasteiger partial charge in [-0.05, 0) is 23.3 Å². The van der Waals surface area contributed by atoms with Crippen molar-refractivity contribution in [1.82, 2.24) is 0 Å². The van der Waals surface area contributed by atoms with Gasteiger partial charge in [-0.2, -0.15) is 5.26 Å². The van der Waals surface area contributed by atoms with Crippen LogP contribution in [0.25, 0.3) is 0 Å². The number of hydrogen-bond acceptors (Lipinski definition) is 4. The number of nitro benzene ring substituents is 1. The van der Waals surface area contributed by atoms with E-state index in [-0.39, 0.29) is 5.69 Å². The number of rotatable bonds is 4. The van der Waals surface area contributed by atoms with Crippen molar-refractivity contribution in [2.75, 3.05) is 0 Å². The molecule has 1 N–H and O–H groups in total. The fraction of sp³-hybridized carbons (Fsp3) is 0.133. The molecule has 0 spiro atoms. The van der Waals surface area contributed by atoms with Crippen LogP contribution in [0, 0.1) is 21.4 Å². The van der Waals surface area contributed by atoms with Crippen LogP contribution in [0.15, 0.2) is 54.6 Å². The van der Waals surface area contributed by atoms with Crippen molar-refractivity contribution >= 4 is 5.69 Å². The van der Waals surface area contributed by atoms with Crippen molar-refractivity contribution in [1.29, 1.82) is 5.26 Å². The van der Waals surface area contributed by atoms with E-state index in [0.717, 1.165) is 0 Å². The van der Waals surface area contributed by atoms with E-state index in [1.165, 1.54) is 24.3 Å². The Balaban J connectivity index is 2.27. The Morgan fingerprint density at radius 2 is 1.65 bits per heavy atom. The number of benzene rings is 2. The second-order valence-electron chi connectivity index (χ2n) is 4.31. The first-order chi connectivity index (χ1) is 9.63. The van der Waals surface area contributed by atoms with Crippen LogP contribution in [0.4, 0.5) is 5.69 Å².